The van der Waals surface area contributed by atoms with Crippen LogP contribution in [0.15, 0.2) is 48.5 Å². The van der Waals surface area contributed by atoms with Crippen molar-refractivity contribution >= 4 is 11.4 Å². The van der Waals surface area contributed by atoms with Gasteiger partial charge in [0.15, 0.2) is 0 Å². The summed E-state index contributed by atoms with van der Waals surface area (Å²) in [4.78, 5) is 0.298. The molecule has 0 heterocycles. The molecule has 0 aliphatic heterocycles. The zero-order valence-electron chi connectivity index (χ0n) is 11.5. The molecule has 0 bridgehead atoms. The lowest BCUT2D eigenvalue weighted by atomic mass is 10.2. The van der Waals surface area contributed by atoms with Gasteiger partial charge in [-0.25, -0.2) is 0 Å². The van der Waals surface area contributed by atoms with Gasteiger partial charge in [0.2, 0.25) is 0 Å². The normalized spacial score (nSPS) is 11.1. The van der Waals surface area contributed by atoms with Crippen molar-refractivity contribution < 1.29 is 22.6 Å². The largest absolute Gasteiger partial charge is 0.497 e. The third-order valence-electron chi connectivity index (χ3n) is 2.91. The molecule has 2 aromatic rings. The highest BCUT2D eigenvalue weighted by molar-refractivity contribution is 5.65. The first-order valence-electron chi connectivity index (χ1n) is 6.11. The first-order chi connectivity index (χ1) is 9.95. The number of hydrogen-bond acceptors (Lipinski definition) is 3. The Morgan fingerprint density at radius 2 is 1.05 bits per heavy atom. The summed E-state index contributed by atoms with van der Waals surface area (Å²) in [6, 6.07) is 11.4. The molecule has 0 aliphatic rings. The molecule has 0 atom stereocenters. The van der Waals surface area contributed by atoms with Gasteiger partial charge in [-0.1, -0.05) is 0 Å². The smallest absolute Gasteiger partial charge is 0.489 e. The summed E-state index contributed by atoms with van der Waals surface area (Å²) in [7, 11) is 2.92. The quantitative estimate of drug-likeness (QED) is 0.783. The van der Waals surface area contributed by atoms with Gasteiger partial charge in [-0.15, -0.1) is 13.2 Å². The lowest BCUT2D eigenvalue weighted by Gasteiger charge is -2.27. The second-order valence-corrected chi connectivity index (χ2v) is 4.20. The summed E-state index contributed by atoms with van der Waals surface area (Å²) in [5.41, 5.74) is 0.0157. The number of hydrogen-bond donors (Lipinski definition) is 0. The van der Waals surface area contributed by atoms with E-state index in [-0.39, 0.29) is 11.4 Å². The molecule has 2 rings (SSSR count). The van der Waals surface area contributed by atoms with E-state index in [2.05, 4.69) is 0 Å². The van der Waals surface area contributed by atoms with Crippen LogP contribution in [0.5, 0.6) is 11.5 Å². The van der Waals surface area contributed by atoms with Crippen LogP contribution >= 0.6 is 0 Å². The molecule has 0 radical (unpaired) electrons. The molecule has 21 heavy (non-hydrogen) atoms. The van der Waals surface area contributed by atoms with Crippen molar-refractivity contribution in [1.82, 2.24) is 0 Å². The number of anilines is 2. The van der Waals surface area contributed by atoms with E-state index in [0.717, 1.165) is 0 Å². The molecule has 0 unspecified atom stereocenters. The number of benzene rings is 2. The Hall–Kier alpha value is -2.37. The van der Waals surface area contributed by atoms with Crippen molar-refractivity contribution in [1.29, 1.82) is 0 Å². The molecule has 0 amide bonds. The van der Waals surface area contributed by atoms with Gasteiger partial charge in [0, 0.05) is 11.4 Å². The summed E-state index contributed by atoms with van der Waals surface area (Å²) >= 11 is 0. The van der Waals surface area contributed by atoms with Gasteiger partial charge >= 0.3 is 6.30 Å². The van der Waals surface area contributed by atoms with Crippen LogP contribution < -0.4 is 14.4 Å². The van der Waals surface area contributed by atoms with E-state index in [1.54, 1.807) is 0 Å². The lowest BCUT2D eigenvalue weighted by molar-refractivity contribution is -0.120. The molecule has 0 aliphatic carbocycles. The van der Waals surface area contributed by atoms with Gasteiger partial charge in [-0.2, -0.15) is 0 Å². The van der Waals surface area contributed by atoms with Crippen LogP contribution in [0.2, 0.25) is 0 Å². The Bertz CT molecular complexity index is 532. The minimum atomic E-state index is -4.54. The van der Waals surface area contributed by atoms with Crippen molar-refractivity contribution in [3.8, 4) is 11.5 Å². The Morgan fingerprint density at radius 1 is 0.714 bits per heavy atom. The summed E-state index contributed by atoms with van der Waals surface area (Å²) in [6.07, 6.45) is -4.54. The van der Waals surface area contributed by atoms with Crippen molar-refractivity contribution in [3.05, 3.63) is 48.5 Å². The van der Waals surface area contributed by atoms with Gasteiger partial charge in [0.1, 0.15) is 11.5 Å². The van der Waals surface area contributed by atoms with E-state index in [9.17, 15) is 13.2 Å². The molecule has 2 aromatic carbocycles. The van der Waals surface area contributed by atoms with E-state index in [1.807, 2.05) is 0 Å². The van der Waals surface area contributed by atoms with E-state index < -0.39 is 6.30 Å². The third kappa shape index (κ3) is 3.39. The van der Waals surface area contributed by atoms with Crippen LogP contribution in [0.3, 0.4) is 0 Å². The van der Waals surface area contributed by atoms with Crippen LogP contribution in [0.4, 0.5) is 24.5 Å². The Kier molecular flexibility index (Phi) is 4.26. The molecular formula is C15H14F3NO2. The van der Waals surface area contributed by atoms with Gasteiger partial charge < -0.3 is 9.47 Å². The SMILES string of the molecule is COc1ccc(N(c2ccc(OC)cc2)C(F)(F)F)cc1. The van der Waals surface area contributed by atoms with Gasteiger partial charge in [-0.3, -0.25) is 4.90 Å². The van der Waals surface area contributed by atoms with Crippen LogP contribution in [0.25, 0.3) is 0 Å². The minimum Gasteiger partial charge on any atom is -0.497 e. The maximum atomic E-state index is 13.3. The molecule has 0 saturated heterocycles. The Balaban J connectivity index is 2.41. The summed E-state index contributed by atoms with van der Waals surface area (Å²) in [5.74, 6) is 0.992. The van der Waals surface area contributed by atoms with Crippen molar-refractivity contribution in [3.63, 3.8) is 0 Å². The number of rotatable bonds is 4. The summed E-state index contributed by atoms with van der Waals surface area (Å²) in [6.45, 7) is 0. The van der Waals surface area contributed by atoms with Gasteiger partial charge in [-0.05, 0) is 48.5 Å². The topological polar surface area (TPSA) is 21.7 Å². The average Bonchev–Trinajstić information content (AvgIpc) is 2.47. The summed E-state index contributed by atoms with van der Waals surface area (Å²) < 4.78 is 49.9. The van der Waals surface area contributed by atoms with Crippen LogP contribution in [-0.2, 0) is 0 Å². The number of ether oxygens (including phenoxy) is 2. The predicted octanol–water partition coefficient (Wildman–Crippen LogP) is 4.36. The fourth-order valence-electron chi connectivity index (χ4n) is 1.90. The number of nitrogens with zero attached hydrogens (tertiary/aromatic N) is 1. The zero-order valence-corrected chi connectivity index (χ0v) is 11.5. The number of halogens is 3. The molecule has 0 N–H and O–H groups in total. The van der Waals surface area contributed by atoms with Gasteiger partial charge in [0.25, 0.3) is 0 Å². The summed E-state index contributed by atoms with van der Waals surface area (Å²) in [5, 5.41) is 0. The molecule has 0 fully saturated rings. The van der Waals surface area contributed by atoms with Crippen LogP contribution in [0.1, 0.15) is 0 Å². The fraction of sp³-hybridized carbons (Fsp3) is 0.200. The van der Waals surface area contributed by atoms with E-state index in [1.165, 1.54) is 62.8 Å². The average molecular weight is 297 g/mol. The van der Waals surface area contributed by atoms with Crippen LogP contribution in [0, 0.1) is 0 Å². The molecule has 112 valence electrons. The van der Waals surface area contributed by atoms with Crippen molar-refractivity contribution in [2.24, 2.45) is 0 Å². The number of methoxy groups -OCH3 is 2. The van der Waals surface area contributed by atoms with Gasteiger partial charge in [0.05, 0.1) is 14.2 Å². The second kappa shape index (κ2) is 5.95. The van der Waals surface area contributed by atoms with Crippen molar-refractivity contribution in [2.75, 3.05) is 19.1 Å². The Labute approximate surface area is 120 Å². The standard InChI is InChI=1S/C15H14F3NO2/c1-20-13-7-3-11(4-8-13)19(15(16,17)18)12-5-9-14(21-2)10-6-12/h3-10H,1-2H3. The molecule has 6 heteroatoms. The highest BCUT2D eigenvalue weighted by Crippen LogP contribution is 2.37. The molecule has 0 saturated carbocycles. The molecule has 0 spiro atoms. The first-order valence-corrected chi connectivity index (χ1v) is 6.11. The van der Waals surface area contributed by atoms with E-state index >= 15 is 0 Å². The first kappa shape index (κ1) is 15.0. The highest BCUT2D eigenvalue weighted by Gasteiger charge is 2.38. The predicted molar refractivity (Wildman–Crippen MR) is 74.2 cm³/mol. The molecule has 0 aromatic heterocycles. The molecular weight excluding hydrogens is 283 g/mol. The zero-order chi connectivity index (χ0) is 15.5. The molecule has 3 nitrogen and oxygen atoms in total. The number of alkyl halides is 3. The second-order valence-electron chi connectivity index (χ2n) is 4.20. The van der Waals surface area contributed by atoms with E-state index in [0.29, 0.717) is 16.4 Å². The monoisotopic (exact) mass is 297 g/mol. The van der Waals surface area contributed by atoms with Crippen molar-refractivity contribution in [2.45, 2.75) is 6.30 Å². The highest BCUT2D eigenvalue weighted by atomic mass is 19.4. The van der Waals surface area contributed by atoms with E-state index in [4.69, 9.17) is 9.47 Å². The Morgan fingerprint density at radius 3 is 1.29 bits per heavy atom. The fourth-order valence-corrected chi connectivity index (χ4v) is 1.90. The lowest BCUT2D eigenvalue weighted by Crippen LogP contribution is -2.33. The maximum absolute atomic E-state index is 13.3. The van der Waals surface area contributed by atoms with Crippen LogP contribution in [-0.4, -0.2) is 20.5 Å². The third-order valence-corrected chi connectivity index (χ3v) is 2.91. The maximum Gasteiger partial charge on any atom is 0.489 e. The minimum absolute atomic E-state index is 0.00784.